The van der Waals surface area contributed by atoms with Crippen LogP contribution in [0.2, 0.25) is 0 Å². The van der Waals surface area contributed by atoms with Gasteiger partial charge in [0.15, 0.2) is 0 Å². The number of benzene rings is 1. The molecule has 0 aromatic heterocycles. The molecular weight excluding hydrogens is 349 g/mol. The number of nitrogens with one attached hydrogen (secondary N) is 2. The summed E-state index contributed by atoms with van der Waals surface area (Å²) < 4.78 is 5.43. The third-order valence-corrected chi connectivity index (χ3v) is 4.59. The molecule has 2 saturated heterocycles. The van der Waals surface area contributed by atoms with Crippen LogP contribution in [0, 0.1) is 0 Å². The first kappa shape index (κ1) is 20.9. The minimum atomic E-state index is -0.00550. The molecule has 136 valence electrons. The highest BCUT2D eigenvalue weighted by molar-refractivity contribution is 5.85. The van der Waals surface area contributed by atoms with E-state index in [-0.39, 0.29) is 42.8 Å². The zero-order valence-corrected chi connectivity index (χ0v) is 15.6. The van der Waals surface area contributed by atoms with Gasteiger partial charge in [0, 0.05) is 19.1 Å². The summed E-state index contributed by atoms with van der Waals surface area (Å²) in [7, 11) is 1.70. The van der Waals surface area contributed by atoms with Gasteiger partial charge >= 0.3 is 0 Å². The first-order valence-corrected chi connectivity index (χ1v) is 8.19. The Bertz CT molecular complexity index is 524. The molecule has 1 aromatic rings. The topological polar surface area (TPSA) is 53.6 Å². The van der Waals surface area contributed by atoms with E-state index in [1.807, 2.05) is 18.2 Å². The standard InChI is InChI=1S/C17H25N3O2.2ClH/c1-22-16-8-3-2-7-15(16)20-11-9-13(12-20)19-17(21)14-6-4-5-10-18-14;;/h2-3,7-8,13-14,18H,4-6,9-12H2,1H3,(H,19,21);2*1H/t13?,14-;;/m1../s1. The Kier molecular flexibility index (Phi) is 8.67. The Labute approximate surface area is 156 Å². The third-order valence-electron chi connectivity index (χ3n) is 4.59. The molecule has 1 unspecified atom stereocenters. The number of piperidine rings is 1. The quantitative estimate of drug-likeness (QED) is 0.847. The van der Waals surface area contributed by atoms with Crippen molar-refractivity contribution in [3.05, 3.63) is 24.3 Å². The number of amides is 1. The minimum Gasteiger partial charge on any atom is -0.495 e. The number of anilines is 1. The van der Waals surface area contributed by atoms with Crippen molar-refractivity contribution < 1.29 is 9.53 Å². The lowest BCUT2D eigenvalue weighted by Crippen LogP contribution is -2.50. The molecule has 7 heteroatoms. The van der Waals surface area contributed by atoms with Crippen LogP contribution in [0.3, 0.4) is 0 Å². The zero-order valence-electron chi connectivity index (χ0n) is 14.0. The molecular formula is C17H27Cl2N3O2. The van der Waals surface area contributed by atoms with Gasteiger partial charge in [0.25, 0.3) is 0 Å². The van der Waals surface area contributed by atoms with Gasteiger partial charge in [0.2, 0.25) is 5.91 Å². The smallest absolute Gasteiger partial charge is 0.237 e. The van der Waals surface area contributed by atoms with E-state index in [0.29, 0.717) is 0 Å². The molecule has 0 bridgehead atoms. The number of halogens is 2. The summed E-state index contributed by atoms with van der Waals surface area (Å²) in [5.41, 5.74) is 1.11. The second-order valence-corrected chi connectivity index (χ2v) is 6.11. The van der Waals surface area contributed by atoms with E-state index in [1.54, 1.807) is 7.11 Å². The van der Waals surface area contributed by atoms with Crippen LogP contribution in [0.1, 0.15) is 25.7 Å². The molecule has 24 heavy (non-hydrogen) atoms. The average molecular weight is 376 g/mol. The normalized spacial score (nSPS) is 23.0. The second kappa shape index (κ2) is 9.97. The van der Waals surface area contributed by atoms with Gasteiger partial charge in [0.1, 0.15) is 5.75 Å². The number of hydrogen-bond donors (Lipinski definition) is 2. The molecule has 1 amide bonds. The molecule has 3 rings (SSSR count). The lowest BCUT2D eigenvalue weighted by atomic mass is 10.0. The molecule has 2 aliphatic heterocycles. The summed E-state index contributed by atoms with van der Waals surface area (Å²) in [4.78, 5) is 14.6. The summed E-state index contributed by atoms with van der Waals surface area (Å²) >= 11 is 0. The molecule has 2 heterocycles. The summed E-state index contributed by atoms with van der Waals surface area (Å²) in [5, 5.41) is 6.51. The van der Waals surface area contributed by atoms with Crippen molar-refractivity contribution in [3.8, 4) is 5.75 Å². The number of nitrogens with zero attached hydrogens (tertiary/aromatic N) is 1. The Morgan fingerprint density at radius 2 is 2.04 bits per heavy atom. The van der Waals surface area contributed by atoms with E-state index in [9.17, 15) is 4.79 Å². The maximum Gasteiger partial charge on any atom is 0.237 e. The largest absolute Gasteiger partial charge is 0.495 e. The monoisotopic (exact) mass is 375 g/mol. The number of rotatable bonds is 4. The molecule has 0 saturated carbocycles. The predicted molar refractivity (Wildman–Crippen MR) is 102 cm³/mol. The highest BCUT2D eigenvalue weighted by atomic mass is 35.5. The van der Waals surface area contributed by atoms with Crippen LogP contribution in [0.15, 0.2) is 24.3 Å². The maximum atomic E-state index is 12.3. The van der Waals surface area contributed by atoms with E-state index in [4.69, 9.17) is 4.74 Å². The van der Waals surface area contributed by atoms with E-state index < -0.39 is 0 Å². The maximum absolute atomic E-state index is 12.3. The van der Waals surface area contributed by atoms with Crippen molar-refractivity contribution in [2.75, 3.05) is 31.6 Å². The number of methoxy groups -OCH3 is 1. The van der Waals surface area contributed by atoms with Gasteiger partial charge in [-0.2, -0.15) is 0 Å². The fraction of sp³-hybridized carbons (Fsp3) is 0.588. The Hall–Kier alpha value is -1.17. The summed E-state index contributed by atoms with van der Waals surface area (Å²) in [6, 6.07) is 8.27. The Morgan fingerprint density at radius 1 is 1.25 bits per heavy atom. The van der Waals surface area contributed by atoms with Crippen LogP contribution in [-0.4, -0.2) is 44.7 Å². The highest BCUT2D eigenvalue weighted by Crippen LogP contribution is 2.30. The first-order chi connectivity index (χ1) is 10.8. The van der Waals surface area contributed by atoms with Crippen LogP contribution in [0.5, 0.6) is 5.75 Å². The van der Waals surface area contributed by atoms with Crippen LogP contribution < -0.4 is 20.3 Å². The number of ether oxygens (including phenoxy) is 1. The number of para-hydroxylation sites is 2. The highest BCUT2D eigenvalue weighted by Gasteiger charge is 2.28. The molecule has 1 aromatic carbocycles. The summed E-state index contributed by atoms with van der Waals surface area (Å²) in [6.45, 7) is 2.75. The van der Waals surface area contributed by atoms with E-state index in [1.165, 1.54) is 6.42 Å². The van der Waals surface area contributed by atoms with Gasteiger partial charge in [-0.05, 0) is 37.9 Å². The SMILES string of the molecule is COc1ccccc1N1CCC(NC(=O)[C@H]2CCCCN2)C1.Cl.Cl. The van der Waals surface area contributed by atoms with Crippen LogP contribution in [-0.2, 0) is 4.79 Å². The van der Waals surface area contributed by atoms with Crippen molar-refractivity contribution >= 4 is 36.4 Å². The molecule has 2 aliphatic rings. The molecule has 0 radical (unpaired) electrons. The van der Waals surface area contributed by atoms with E-state index >= 15 is 0 Å². The third kappa shape index (κ3) is 4.91. The number of hydrogen-bond acceptors (Lipinski definition) is 4. The molecule has 2 atom stereocenters. The van der Waals surface area contributed by atoms with Gasteiger partial charge in [-0.15, -0.1) is 24.8 Å². The van der Waals surface area contributed by atoms with Gasteiger partial charge < -0.3 is 20.3 Å². The summed E-state index contributed by atoms with van der Waals surface area (Å²) in [5.74, 6) is 1.05. The fourth-order valence-electron chi connectivity index (χ4n) is 3.37. The van der Waals surface area contributed by atoms with Gasteiger partial charge in [-0.1, -0.05) is 18.6 Å². The van der Waals surface area contributed by atoms with Gasteiger partial charge in [-0.25, -0.2) is 0 Å². The predicted octanol–water partition coefficient (Wildman–Crippen LogP) is 2.38. The number of carbonyl (C=O) groups is 1. The van der Waals surface area contributed by atoms with E-state index in [2.05, 4.69) is 21.6 Å². The van der Waals surface area contributed by atoms with Crippen molar-refractivity contribution in [2.45, 2.75) is 37.8 Å². The fourth-order valence-corrected chi connectivity index (χ4v) is 3.37. The lowest BCUT2D eigenvalue weighted by molar-refractivity contribution is -0.124. The van der Waals surface area contributed by atoms with Crippen molar-refractivity contribution in [2.24, 2.45) is 0 Å². The van der Waals surface area contributed by atoms with Crippen molar-refractivity contribution in [3.63, 3.8) is 0 Å². The lowest BCUT2D eigenvalue weighted by Gasteiger charge is -2.25. The summed E-state index contributed by atoms with van der Waals surface area (Å²) in [6.07, 6.45) is 4.25. The zero-order chi connectivity index (χ0) is 15.4. The van der Waals surface area contributed by atoms with Gasteiger partial charge in [0.05, 0.1) is 18.8 Å². The average Bonchev–Trinajstić information content (AvgIpc) is 3.04. The van der Waals surface area contributed by atoms with E-state index in [0.717, 1.165) is 50.3 Å². The van der Waals surface area contributed by atoms with Crippen molar-refractivity contribution in [1.29, 1.82) is 0 Å². The molecule has 2 fully saturated rings. The Balaban J connectivity index is 0.00000144. The minimum absolute atomic E-state index is 0. The van der Waals surface area contributed by atoms with Crippen LogP contribution in [0.25, 0.3) is 0 Å². The molecule has 0 spiro atoms. The van der Waals surface area contributed by atoms with Crippen LogP contribution >= 0.6 is 24.8 Å². The molecule has 0 aliphatic carbocycles. The van der Waals surface area contributed by atoms with Gasteiger partial charge in [-0.3, -0.25) is 4.79 Å². The van der Waals surface area contributed by atoms with Crippen LogP contribution in [0.4, 0.5) is 5.69 Å². The molecule has 2 N–H and O–H groups in total. The second-order valence-electron chi connectivity index (χ2n) is 6.11. The molecule has 5 nitrogen and oxygen atoms in total. The first-order valence-electron chi connectivity index (χ1n) is 8.19. The Morgan fingerprint density at radius 3 is 2.75 bits per heavy atom. The number of carbonyl (C=O) groups excluding carboxylic acids is 1. The van der Waals surface area contributed by atoms with Crippen molar-refractivity contribution in [1.82, 2.24) is 10.6 Å².